The molecule has 49 heavy (non-hydrogen) atoms. The van der Waals surface area contributed by atoms with E-state index in [1.807, 2.05) is 0 Å². The molecule has 2 aliphatic heterocycles. The number of carbonyl (C=O) groups is 1. The molecule has 0 bridgehead atoms. The van der Waals surface area contributed by atoms with Crippen molar-refractivity contribution in [1.82, 2.24) is 14.5 Å². The first-order chi connectivity index (χ1) is 23.8. The van der Waals surface area contributed by atoms with Crippen molar-refractivity contribution in [2.24, 2.45) is 0 Å². The standard InChI is InChI=1S/C36H32F2N4O7/c1-46-31-17-26-28(18-32(31)47-15-13-41-12-9-25(43)20-41)39-11-8-29(26)49-30-7-4-23(16-27(30)38)40-35(44)33-34-21(10-14-48-34)19-42(36(33)45)24-5-2-22(37)3-6-24/h2-8,11,16-19,25,43H,9-10,12-15,20H2,1H3,(H,40,44). The molecule has 1 amide bonds. The Morgan fingerprint density at radius 1 is 1.06 bits per heavy atom. The van der Waals surface area contributed by atoms with E-state index in [0.29, 0.717) is 65.5 Å². The van der Waals surface area contributed by atoms with E-state index >= 15 is 4.39 Å². The second kappa shape index (κ2) is 13.5. The number of benzene rings is 3. The molecule has 1 saturated heterocycles. The van der Waals surface area contributed by atoms with Gasteiger partial charge in [-0.2, -0.15) is 0 Å². The lowest BCUT2D eigenvalue weighted by atomic mass is 10.1. The fourth-order valence-electron chi connectivity index (χ4n) is 6.01. The van der Waals surface area contributed by atoms with Gasteiger partial charge in [0.25, 0.3) is 11.5 Å². The molecule has 2 aliphatic rings. The van der Waals surface area contributed by atoms with Crippen LogP contribution in [0.1, 0.15) is 22.3 Å². The summed E-state index contributed by atoms with van der Waals surface area (Å²) in [6.45, 7) is 2.77. The van der Waals surface area contributed by atoms with Crippen LogP contribution in [0.2, 0.25) is 0 Å². The summed E-state index contributed by atoms with van der Waals surface area (Å²) in [5, 5.41) is 12.9. The average Bonchev–Trinajstić information content (AvgIpc) is 3.74. The van der Waals surface area contributed by atoms with E-state index in [1.54, 1.807) is 24.4 Å². The van der Waals surface area contributed by atoms with Gasteiger partial charge in [0.2, 0.25) is 0 Å². The van der Waals surface area contributed by atoms with Gasteiger partial charge in [-0.25, -0.2) is 8.78 Å². The number of β-amino-alcohol motifs (C(OH)–C–C–N with tert-alkyl or cyclic N) is 1. The minimum absolute atomic E-state index is 0.0877. The van der Waals surface area contributed by atoms with Crippen molar-refractivity contribution in [1.29, 1.82) is 0 Å². The lowest BCUT2D eigenvalue weighted by Crippen LogP contribution is -2.29. The molecular formula is C36H32F2N4O7. The van der Waals surface area contributed by atoms with Crippen LogP contribution < -0.4 is 29.8 Å². The SMILES string of the molecule is COc1cc2c(Oc3ccc(NC(=O)c4c5c(cn(-c6ccc(F)cc6)c4=O)CCO5)cc3F)ccnc2cc1OCCN1CCC(O)C1. The third-order valence-corrected chi connectivity index (χ3v) is 8.50. The van der Waals surface area contributed by atoms with E-state index in [-0.39, 0.29) is 35.5 Å². The molecule has 4 heterocycles. The van der Waals surface area contributed by atoms with Crippen LogP contribution in [0.5, 0.6) is 28.7 Å². The largest absolute Gasteiger partial charge is 0.493 e. The van der Waals surface area contributed by atoms with Gasteiger partial charge in [-0.15, -0.1) is 0 Å². The lowest BCUT2D eigenvalue weighted by Gasteiger charge is -2.17. The highest BCUT2D eigenvalue weighted by Crippen LogP contribution is 2.38. The van der Waals surface area contributed by atoms with Crippen LogP contribution in [-0.4, -0.2) is 71.5 Å². The van der Waals surface area contributed by atoms with Crippen LogP contribution in [0.15, 0.2) is 77.9 Å². The quantitative estimate of drug-likeness (QED) is 0.209. The normalized spacial score (nSPS) is 15.6. The second-order valence-electron chi connectivity index (χ2n) is 11.7. The van der Waals surface area contributed by atoms with Crippen LogP contribution >= 0.6 is 0 Å². The molecular weight excluding hydrogens is 638 g/mol. The molecule has 13 heteroatoms. The Kier molecular flexibility index (Phi) is 8.85. The number of ether oxygens (including phenoxy) is 4. The number of hydrogen-bond donors (Lipinski definition) is 2. The highest BCUT2D eigenvalue weighted by molar-refractivity contribution is 6.06. The number of nitrogens with one attached hydrogen (secondary N) is 1. The minimum Gasteiger partial charge on any atom is -0.493 e. The zero-order valence-electron chi connectivity index (χ0n) is 26.4. The Balaban J connectivity index is 1.09. The van der Waals surface area contributed by atoms with Crippen LogP contribution in [0, 0.1) is 11.6 Å². The lowest BCUT2D eigenvalue weighted by molar-refractivity contribution is 0.102. The molecule has 0 spiro atoms. The Bertz CT molecular complexity index is 2110. The summed E-state index contributed by atoms with van der Waals surface area (Å²) in [6.07, 6.45) is 4.03. The van der Waals surface area contributed by atoms with Crippen LogP contribution in [0.4, 0.5) is 14.5 Å². The van der Waals surface area contributed by atoms with Crippen molar-refractivity contribution in [3.63, 3.8) is 0 Å². The molecule has 2 aromatic heterocycles. The zero-order valence-corrected chi connectivity index (χ0v) is 26.4. The monoisotopic (exact) mass is 670 g/mol. The Morgan fingerprint density at radius 2 is 1.90 bits per heavy atom. The van der Waals surface area contributed by atoms with Crippen LogP contribution in [0.25, 0.3) is 16.6 Å². The molecule has 1 unspecified atom stereocenters. The highest BCUT2D eigenvalue weighted by Gasteiger charge is 2.27. The summed E-state index contributed by atoms with van der Waals surface area (Å²) in [6, 6.07) is 14.3. The number of methoxy groups -OCH3 is 1. The fraction of sp³-hybridized carbons (Fsp3) is 0.250. The summed E-state index contributed by atoms with van der Waals surface area (Å²) < 4.78 is 53.4. The summed E-state index contributed by atoms with van der Waals surface area (Å²) >= 11 is 0. The van der Waals surface area contributed by atoms with Crippen molar-refractivity contribution in [3.8, 4) is 34.4 Å². The number of aromatic nitrogens is 2. The number of rotatable bonds is 10. The third kappa shape index (κ3) is 6.62. The number of carbonyl (C=O) groups excluding carboxylic acids is 1. The summed E-state index contributed by atoms with van der Waals surface area (Å²) in [5.41, 5.74) is 0.752. The molecule has 11 nitrogen and oxygen atoms in total. The number of nitrogens with zero attached hydrogens (tertiary/aromatic N) is 3. The third-order valence-electron chi connectivity index (χ3n) is 8.50. The smallest absolute Gasteiger partial charge is 0.271 e. The van der Waals surface area contributed by atoms with Gasteiger partial charge in [0, 0.05) is 72.9 Å². The Labute approximate surface area is 279 Å². The molecule has 3 aromatic carbocycles. The molecule has 5 aromatic rings. The van der Waals surface area contributed by atoms with Crippen molar-refractivity contribution in [2.45, 2.75) is 18.9 Å². The van der Waals surface area contributed by atoms with Gasteiger partial charge >= 0.3 is 0 Å². The van der Waals surface area contributed by atoms with Crippen LogP contribution in [-0.2, 0) is 6.42 Å². The number of halogens is 2. The first-order valence-corrected chi connectivity index (χ1v) is 15.7. The Hall–Kier alpha value is -5.53. The van der Waals surface area contributed by atoms with E-state index in [2.05, 4.69) is 15.2 Å². The van der Waals surface area contributed by atoms with E-state index < -0.39 is 23.1 Å². The predicted molar refractivity (Wildman–Crippen MR) is 176 cm³/mol. The maximum Gasteiger partial charge on any atom is 0.271 e. The topological polar surface area (TPSA) is 124 Å². The molecule has 0 radical (unpaired) electrons. The number of anilines is 1. The van der Waals surface area contributed by atoms with Gasteiger partial charge in [-0.1, -0.05) is 0 Å². The number of likely N-dealkylation sites (tertiary alicyclic amines) is 1. The maximum atomic E-state index is 15.4. The van der Waals surface area contributed by atoms with E-state index in [9.17, 15) is 19.1 Å². The highest BCUT2D eigenvalue weighted by atomic mass is 19.1. The number of hydrogen-bond acceptors (Lipinski definition) is 9. The Morgan fingerprint density at radius 3 is 2.65 bits per heavy atom. The van der Waals surface area contributed by atoms with Gasteiger partial charge in [0.05, 0.1) is 25.3 Å². The van der Waals surface area contributed by atoms with Gasteiger partial charge in [-0.05, 0) is 55.0 Å². The number of fused-ring (bicyclic) bond motifs is 2. The first kappa shape index (κ1) is 32.0. The number of pyridine rings is 2. The molecule has 1 atom stereocenters. The second-order valence-corrected chi connectivity index (χ2v) is 11.7. The van der Waals surface area contributed by atoms with Gasteiger partial charge in [0.15, 0.2) is 23.1 Å². The number of aliphatic hydroxyl groups excluding tert-OH is 1. The van der Waals surface area contributed by atoms with Gasteiger partial charge < -0.3 is 29.4 Å². The molecule has 1 fully saturated rings. The molecule has 7 rings (SSSR count). The van der Waals surface area contributed by atoms with E-state index in [4.69, 9.17) is 18.9 Å². The van der Waals surface area contributed by atoms with Crippen molar-refractivity contribution >= 4 is 22.5 Å². The average molecular weight is 671 g/mol. The van der Waals surface area contributed by atoms with Crippen molar-refractivity contribution in [3.05, 3.63) is 106 Å². The number of amides is 1. The van der Waals surface area contributed by atoms with E-state index in [1.165, 1.54) is 54.3 Å². The molecule has 2 N–H and O–H groups in total. The first-order valence-electron chi connectivity index (χ1n) is 15.7. The molecule has 252 valence electrons. The summed E-state index contributed by atoms with van der Waals surface area (Å²) in [4.78, 5) is 33.4. The maximum absolute atomic E-state index is 15.4. The predicted octanol–water partition coefficient (Wildman–Crippen LogP) is 5.10. The van der Waals surface area contributed by atoms with Crippen molar-refractivity contribution in [2.75, 3.05) is 45.3 Å². The fourth-order valence-corrected chi connectivity index (χ4v) is 6.01. The van der Waals surface area contributed by atoms with Crippen molar-refractivity contribution < 1.29 is 37.6 Å². The van der Waals surface area contributed by atoms with Gasteiger partial charge in [0.1, 0.15) is 29.5 Å². The van der Waals surface area contributed by atoms with E-state index in [0.717, 1.165) is 19.0 Å². The summed E-state index contributed by atoms with van der Waals surface area (Å²) in [5.74, 6) is -0.701. The molecule has 0 aliphatic carbocycles. The molecule has 0 saturated carbocycles. The van der Waals surface area contributed by atoms with Crippen LogP contribution in [0.3, 0.4) is 0 Å². The zero-order chi connectivity index (χ0) is 34.1. The summed E-state index contributed by atoms with van der Waals surface area (Å²) in [7, 11) is 1.52. The van der Waals surface area contributed by atoms with Gasteiger partial charge in [-0.3, -0.25) is 24.0 Å². The number of aliphatic hydroxyl groups is 1. The minimum atomic E-state index is -0.782.